The molecule has 25 heavy (non-hydrogen) atoms. The Morgan fingerprint density at radius 2 is 1.92 bits per heavy atom. The number of aromatic nitrogens is 1. The van der Waals surface area contributed by atoms with Gasteiger partial charge in [-0.15, -0.1) is 0 Å². The average Bonchev–Trinajstić information content (AvgIpc) is 2.96. The number of hydrogen-bond acceptors (Lipinski definition) is 4. The van der Waals surface area contributed by atoms with Crippen molar-refractivity contribution >= 4 is 17.8 Å². The lowest BCUT2D eigenvalue weighted by atomic mass is 10.1. The number of carbonyl (C=O) groups excluding carboxylic acids is 2. The number of nitrogens with zero attached hydrogens (tertiary/aromatic N) is 4. The van der Waals surface area contributed by atoms with Gasteiger partial charge in [-0.2, -0.15) is 0 Å². The van der Waals surface area contributed by atoms with E-state index in [-0.39, 0.29) is 23.5 Å². The minimum Gasteiger partial charge on any atom is -0.353 e. The molecule has 3 rings (SSSR count). The van der Waals surface area contributed by atoms with Gasteiger partial charge in [0.2, 0.25) is 5.91 Å². The van der Waals surface area contributed by atoms with Crippen molar-refractivity contribution < 1.29 is 9.59 Å². The van der Waals surface area contributed by atoms with Crippen LogP contribution in [0.2, 0.25) is 0 Å². The van der Waals surface area contributed by atoms with Crippen LogP contribution in [-0.4, -0.2) is 71.0 Å². The largest absolute Gasteiger partial charge is 0.353 e. The smallest absolute Gasteiger partial charge is 0.317 e. The summed E-state index contributed by atoms with van der Waals surface area (Å²) < 4.78 is 0. The van der Waals surface area contributed by atoms with Gasteiger partial charge in [-0.1, -0.05) is 6.07 Å². The Bertz CT molecular complexity index is 620. The molecule has 2 saturated heterocycles. The van der Waals surface area contributed by atoms with Crippen molar-refractivity contribution in [3.8, 4) is 0 Å². The van der Waals surface area contributed by atoms with Crippen LogP contribution in [0.1, 0.15) is 27.2 Å². The van der Waals surface area contributed by atoms with Gasteiger partial charge in [0.05, 0.1) is 6.04 Å². The summed E-state index contributed by atoms with van der Waals surface area (Å²) in [6, 6.07) is 5.68. The SMILES string of the molecule is CC(C)(C)N1CC(NC(=O)N2CCN(c3ccccn3)CC2)CC1=O. The Kier molecular flexibility index (Phi) is 4.83. The molecule has 0 bridgehead atoms. The van der Waals surface area contributed by atoms with E-state index >= 15 is 0 Å². The summed E-state index contributed by atoms with van der Waals surface area (Å²) >= 11 is 0. The highest BCUT2D eigenvalue weighted by Crippen LogP contribution is 2.22. The van der Waals surface area contributed by atoms with E-state index < -0.39 is 0 Å². The molecule has 7 nitrogen and oxygen atoms in total. The highest BCUT2D eigenvalue weighted by molar-refractivity contribution is 5.82. The van der Waals surface area contributed by atoms with Crippen molar-refractivity contribution in [2.24, 2.45) is 0 Å². The Balaban J connectivity index is 1.50. The number of anilines is 1. The number of rotatable bonds is 2. The Morgan fingerprint density at radius 1 is 1.20 bits per heavy atom. The highest BCUT2D eigenvalue weighted by Gasteiger charge is 2.37. The second-order valence-corrected chi connectivity index (χ2v) is 7.69. The van der Waals surface area contributed by atoms with Crippen molar-refractivity contribution in [3.63, 3.8) is 0 Å². The molecule has 0 aromatic carbocycles. The summed E-state index contributed by atoms with van der Waals surface area (Å²) in [6.45, 7) is 9.49. The molecule has 0 saturated carbocycles. The number of pyridine rings is 1. The van der Waals surface area contributed by atoms with Gasteiger partial charge in [0.15, 0.2) is 0 Å². The minimum atomic E-state index is -0.204. The van der Waals surface area contributed by atoms with Crippen LogP contribution in [0.3, 0.4) is 0 Å². The maximum Gasteiger partial charge on any atom is 0.317 e. The number of carbonyl (C=O) groups is 2. The quantitative estimate of drug-likeness (QED) is 0.878. The van der Waals surface area contributed by atoms with Crippen LogP contribution in [0.5, 0.6) is 0 Å². The Morgan fingerprint density at radius 3 is 2.48 bits per heavy atom. The molecule has 1 unspecified atom stereocenters. The van der Waals surface area contributed by atoms with E-state index in [4.69, 9.17) is 0 Å². The molecule has 0 aliphatic carbocycles. The fourth-order valence-electron chi connectivity index (χ4n) is 3.40. The lowest BCUT2D eigenvalue weighted by molar-refractivity contribution is -0.131. The molecular weight excluding hydrogens is 318 g/mol. The standard InChI is InChI=1S/C18H27N5O2/c1-18(2,3)23-13-14(12-16(23)24)20-17(25)22-10-8-21(9-11-22)15-6-4-5-7-19-15/h4-7,14H,8-13H2,1-3H3,(H,20,25). The van der Waals surface area contributed by atoms with E-state index in [2.05, 4.69) is 15.2 Å². The summed E-state index contributed by atoms with van der Waals surface area (Å²) in [5.74, 6) is 1.06. The van der Waals surface area contributed by atoms with Gasteiger partial charge in [-0.05, 0) is 32.9 Å². The third kappa shape index (κ3) is 4.03. The van der Waals surface area contributed by atoms with E-state index in [1.54, 1.807) is 6.20 Å². The molecule has 136 valence electrons. The molecule has 2 aliphatic heterocycles. The van der Waals surface area contributed by atoms with Gasteiger partial charge in [-0.25, -0.2) is 9.78 Å². The molecular formula is C18H27N5O2. The third-order valence-electron chi connectivity index (χ3n) is 4.80. The van der Waals surface area contributed by atoms with Crippen LogP contribution < -0.4 is 10.2 Å². The maximum atomic E-state index is 12.5. The van der Waals surface area contributed by atoms with Crippen molar-refractivity contribution in [1.82, 2.24) is 20.1 Å². The highest BCUT2D eigenvalue weighted by atomic mass is 16.2. The van der Waals surface area contributed by atoms with Gasteiger partial charge in [-0.3, -0.25) is 4.79 Å². The number of amides is 3. The topological polar surface area (TPSA) is 68.8 Å². The molecule has 1 N–H and O–H groups in total. The molecule has 1 atom stereocenters. The predicted molar refractivity (Wildman–Crippen MR) is 96.4 cm³/mol. The summed E-state index contributed by atoms with van der Waals surface area (Å²) in [6.07, 6.45) is 2.17. The van der Waals surface area contributed by atoms with Gasteiger partial charge in [0.25, 0.3) is 0 Å². The van der Waals surface area contributed by atoms with Gasteiger partial charge in [0, 0.05) is 50.9 Å². The van der Waals surface area contributed by atoms with Crippen LogP contribution in [0.15, 0.2) is 24.4 Å². The third-order valence-corrected chi connectivity index (χ3v) is 4.80. The van der Waals surface area contributed by atoms with Crippen LogP contribution in [0.25, 0.3) is 0 Å². The maximum absolute atomic E-state index is 12.5. The van der Waals surface area contributed by atoms with Gasteiger partial charge >= 0.3 is 6.03 Å². The molecule has 1 aromatic rings. The number of likely N-dealkylation sites (tertiary alicyclic amines) is 1. The molecule has 0 radical (unpaired) electrons. The van der Waals surface area contributed by atoms with Crippen LogP contribution in [0, 0.1) is 0 Å². The zero-order valence-corrected chi connectivity index (χ0v) is 15.2. The first-order valence-corrected chi connectivity index (χ1v) is 8.86. The number of piperazine rings is 1. The first-order chi connectivity index (χ1) is 11.8. The van der Waals surface area contributed by atoms with Gasteiger partial charge < -0.3 is 20.0 Å². The minimum absolute atomic E-state index is 0.0748. The zero-order chi connectivity index (χ0) is 18.0. The molecule has 1 aromatic heterocycles. The number of hydrogen-bond donors (Lipinski definition) is 1. The fraction of sp³-hybridized carbons (Fsp3) is 0.611. The molecule has 2 fully saturated rings. The van der Waals surface area contributed by atoms with E-state index in [1.807, 2.05) is 48.8 Å². The summed E-state index contributed by atoms with van der Waals surface area (Å²) in [4.78, 5) is 34.9. The van der Waals surface area contributed by atoms with Crippen molar-refractivity contribution in [2.75, 3.05) is 37.6 Å². The van der Waals surface area contributed by atoms with Crippen molar-refractivity contribution in [3.05, 3.63) is 24.4 Å². The van der Waals surface area contributed by atoms with Crippen LogP contribution in [0.4, 0.5) is 10.6 Å². The normalized spacial score (nSPS) is 21.6. The van der Waals surface area contributed by atoms with Gasteiger partial charge in [0.1, 0.15) is 5.82 Å². The lowest BCUT2D eigenvalue weighted by Gasteiger charge is -2.36. The molecule has 2 aliphatic rings. The van der Waals surface area contributed by atoms with E-state index in [1.165, 1.54) is 0 Å². The molecule has 7 heteroatoms. The van der Waals surface area contributed by atoms with Crippen LogP contribution >= 0.6 is 0 Å². The van der Waals surface area contributed by atoms with Crippen molar-refractivity contribution in [1.29, 1.82) is 0 Å². The molecule has 3 amide bonds. The summed E-state index contributed by atoms with van der Waals surface area (Å²) in [5.41, 5.74) is -0.204. The summed E-state index contributed by atoms with van der Waals surface area (Å²) in [5, 5.41) is 3.03. The summed E-state index contributed by atoms with van der Waals surface area (Å²) in [7, 11) is 0. The number of nitrogens with one attached hydrogen (secondary N) is 1. The first kappa shape index (κ1) is 17.5. The Labute approximate surface area is 149 Å². The lowest BCUT2D eigenvalue weighted by Crippen LogP contribution is -2.54. The molecule has 3 heterocycles. The Hall–Kier alpha value is -2.31. The second kappa shape index (κ2) is 6.90. The monoisotopic (exact) mass is 345 g/mol. The van der Waals surface area contributed by atoms with Crippen molar-refractivity contribution in [2.45, 2.75) is 38.8 Å². The second-order valence-electron chi connectivity index (χ2n) is 7.69. The van der Waals surface area contributed by atoms with E-state index in [0.717, 1.165) is 18.9 Å². The zero-order valence-electron chi connectivity index (χ0n) is 15.2. The molecule has 0 spiro atoms. The van der Waals surface area contributed by atoms with E-state index in [9.17, 15) is 9.59 Å². The first-order valence-electron chi connectivity index (χ1n) is 8.86. The average molecular weight is 345 g/mol. The van der Waals surface area contributed by atoms with Crippen LogP contribution in [-0.2, 0) is 4.79 Å². The van der Waals surface area contributed by atoms with E-state index in [0.29, 0.717) is 26.1 Å². The predicted octanol–water partition coefficient (Wildman–Crippen LogP) is 1.31. The fourth-order valence-corrected chi connectivity index (χ4v) is 3.40. The number of urea groups is 1.